The molecule has 13 heteroatoms. The lowest BCUT2D eigenvalue weighted by Gasteiger charge is -2.11. The quantitative estimate of drug-likeness (QED) is 0.311. The number of guanidine groups is 1. The Morgan fingerprint density at radius 3 is 2.86 bits per heavy atom. The van der Waals surface area contributed by atoms with Crippen LogP contribution in [0.2, 0.25) is 5.15 Å². The van der Waals surface area contributed by atoms with Gasteiger partial charge in [0.05, 0.1) is 11.4 Å². The number of fused-ring (bicyclic) bond motifs is 2. The Morgan fingerprint density at radius 1 is 1.32 bits per heavy atom. The van der Waals surface area contributed by atoms with E-state index in [1.54, 1.807) is 23.7 Å². The summed E-state index contributed by atoms with van der Waals surface area (Å²) in [7, 11) is -3.94. The third kappa shape index (κ3) is 3.53. The molecule has 1 aliphatic rings. The minimum atomic E-state index is -3.94. The molecule has 1 aromatic carbocycles. The molecule has 3 aromatic rings. The van der Waals surface area contributed by atoms with E-state index in [0.29, 0.717) is 29.2 Å². The largest absolute Gasteiger partial charge is 0.369 e. The Bertz CT molecular complexity index is 1210. The van der Waals surface area contributed by atoms with E-state index < -0.39 is 10.0 Å². The zero-order valence-corrected chi connectivity index (χ0v) is 17.4. The number of thiazole rings is 1. The Labute approximate surface area is 175 Å². The summed E-state index contributed by atoms with van der Waals surface area (Å²) in [5.74, 6) is -0.136. The van der Waals surface area contributed by atoms with Crippen LogP contribution in [0.25, 0.3) is 4.96 Å². The van der Waals surface area contributed by atoms with Crippen molar-refractivity contribution in [3.8, 4) is 0 Å². The van der Waals surface area contributed by atoms with E-state index in [4.69, 9.17) is 23.1 Å². The summed E-state index contributed by atoms with van der Waals surface area (Å²) in [6.45, 7) is 0. The smallest absolute Gasteiger partial charge is 0.281 e. The van der Waals surface area contributed by atoms with Gasteiger partial charge >= 0.3 is 0 Å². The Hall–Kier alpha value is -2.34. The van der Waals surface area contributed by atoms with Gasteiger partial charge in [-0.15, -0.1) is 28.8 Å². The van der Waals surface area contributed by atoms with Crippen LogP contribution in [0, 0.1) is 0 Å². The van der Waals surface area contributed by atoms with Crippen molar-refractivity contribution in [1.29, 1.82) is 0 Å². The fourth-order valence-corrected chi connectivity index (χ4v) is 5.54. The number of benzene rings is 1. The highest BCUT2D eigenvalue weighted by Gasteiger charge is 2.28. The SMILES string of the molecule is Cl.NC(N)=N/N=C1/CCc2c(NS(=O)(=O)c3c(Cl)nc4sccn34)cccc21. The first-order valence-corrected chi connectivity index (χ1v) is 10.5. The van der Waals surface area contributed by atoms with Gasteiger partial charge in [0.15, 0.2) is 15.1 Å². The van der Waals surface area contributed by atoms with Gasteiger partial charge in [-0.25, -0.2) is 4.98 Å². The maximum absolute atomic E-state index is 13.0. The summed E-state index contributed by atoms with van der Waals surface area (Å²) in [4.78, 5) is 4.58. The highest BCUT2D eigenvalue weighted by molar-refractivity contribution is 7.92. The van der Waals surface area contributed by atoms with Gasteiger partial charge < -0.3 is 11.5 Å². The van der Waals surface area contributed by atoms with Crippen LogP contribution < -0.4 is 16.2 Å². The molecule has 2 heterocycles. The van der Waals surface area contributed by atoms with E-state index in [9.17, 15) is 8.42 Å². The average Bonchev–Trinajstić information content (AvgIpc) is 3.26. The van der Waals surface area contributed by atoms with Crippen LogP contribution in [-0.2, 0) is 16.4 Å². The van der Waals surface area contributed by atoms with Crippen molar-refractivity contribution in [3.63, 3.8) is 0 Å². The molecule has 28 heavy (non-hydrogen) atoms. The molecule has 0 saturated carbocycles. The van der Waals surface area contributed by atoms with Gasteiger partial charge in [-0.05, 0) is 24.5 Å². The van der Waals surface area contributed by atoms with Crippen molar-refractivity contribution in [2.24, 2.45) is 21.7 Å². The van der Waals surface area contributed by atoms with E-state index in [1.165, 1.54) is 15.7 Å². The molecule has 0 atom stereocenters. The van der Waals surface area contributed by atoms with Gasteiger partial charge in [0.2, 0.25) is 5.96 Å². The number of rotatable bonds is 4. The minimum absolute atomic E-state index is 0. The summed E-state index contributed by atoms with van der Waals surface area (Å²) in [6.07, 6.45) is 2.83. The van der Waals surface area contributed by atoms with Crippen LogP contribution >= 0.6 is 35.3 Å². The predicted octanol–water partition coefficient (Wildman–Crippen LogP) is 2.20. The molecule has 0 spiro atoms. The summed E-state index contributed by atoms with van der Waals surface area (Å²) in [5.41, 5.74) is 13.4. The second-order valence-electron chi connectivity index (χ2n) is 5.77. The number of sulfonamides is 1. The number of aromatic nitrogens is 2. The van der Waals surface area contributed by atoms with Gasteiger partial charge in [0.1, 0.15) is 0 Å². The van der Waals surface area contributed by atoms with Crippen LogP contribution in [0.1, 0.15) is 17.5 Å². The number of hydrogen-bond acceptors (Lipinski definition) is 6. The maximum atomic E-state index is 13.0. The van der Waals surface area contributed by atoms with Crippen LogP contribution in [0.4, 0.5) is 5.69 Å². The van der Waals surface area contributed by atoms with E-state index in [1.807, 2.05) is 6.07 Å². The third-order valence-electron chi connectivity index (χ3n) is 4.06. The lowest BCUT2D eigenvalue weighted by atomic mass is 10.1. The molecule has 0 saturated heterocycles. The summed E-state index contributed by atoms with van der Waals surface area (Å²) < 4.78 is 30.0. The Kier molecular flexibility index (Phi) is 5.53. The van der Waals surface area contributed by atoms with E-state index >= 15 is 0 Å². The highest BCUT2D eigenvalue weighted by Crippen LogP contribution is 2.32. The van der Waals surface area contributed by atoms with Gasteiger partial charge in [0, 0.05) is 17.1 Å². The van der Waals surface area contributed by atoms with E-state index in [-0.39, 0.29) is 28.5 Å². The Balaban J connectivity index is 0.00000225. The van der Waals surface area contributed by atoms with Crippen LogP contribution in [0.3, 0.4) is 0 Å². The van der Waals surface area contributed by atoms with Crippen molar-refractivity contribution in [2.75, 3.05) is 4.72 Å². The number of nitrogens with one attached hydrogen (secondary N) is 1. The number of hydrogen-bond donors (Lipinski definition) is 3. The van der Waals surface area contributed by atoms with Crippen molar-refractivity contribution in [2.45, 2.75) is 17.9 Å². The molecule has 4 rings (SSSR count). The van der Waals surface area contributed by atoms with Crippen molar-refractivity contribution < 1.29 is 8.42 Å². The third-order valence-corrected chi connectivity index (χ3v) is 6.58. The first-order chi connectivity index (χ1) is 12.9. The fraction of sp³-hybridized carbons (Fsp3) is 0.133. The molecule has 0 unspecified atom stereocenters. The second kappa shape index (κ2) is 7.59. The normalized spacial score (nSPS) is 14.7. The number of halogens is 2. The van der Waals surface area contributed by atoms with Crippen molar-refractivity contribution >= 4 is 67.7 Å². The zero-order chi connectivity index (χ0) is 19.2. The molecule has 0 amide bonds. The second-order valence-corrected chi connectivity index (χ2v) is 8.60. The number of anilines is 1. The van der Waals surface area contributed by atoms with Gasteiger partial charge in [0.25, 0.3) is 10.0 Å². The summed E-state index contributed by atoms with van der Waals surface area (Å²) >= 11 is 7.37. The van der Waals surface area contributed by atoms with Crippen molar-refractivity contribution in [1.82, 2.24) is 9.38 Å². The summed E-state index contributed by atoms with van der Waals surface area (Å²) in [5, 5.41) is 9.30. The highest BCUT2D eigenvalue weighted by atomic mass is 35.5. The molecule has 5 N–H and O–H groups in total. The van der Waals surface area contributed by atoms with E-state index in [2.05, 4.69) is 19.9 Å². The van der Waals surface area contributed by atoms with Crippen LogP contribution in [0.15, 0.2) is 45.0 Å². The molecule has 148 valence electrons. The number of imidazole rings is 1. The van der Waals surface area contributed by atoms with Crippen LogP contribution in [-0.4, -0.2) is 29.5 Å². The van der Waals surface area contributed by atoms with Gasteiger partial charge in [-0.1, -0.05) is 23.7 Å². The molecule has 1 aliphatic carbocycles. The topological polar surface area (TPSA) is 140 Å². The Morgan fingerprint density at radius 2 is 2.11 bits per heavy atom. The monoisotopic (exact) mass is 459 g/mol. The molecular weight excluding hydrogens is 445 g/mol. The first-order valence-electron chi connectivity index (χ1n) is 7.78. The number of nitrogens with zero attached hydrogens (tertiary/aromatic N) is 4. The predicted molar refractivity (Wildman–Crippen MR) is 113 cm³/mol. The summed E-state index contributed by atoms with van der Waals surface area (Å²) in [6, 6.07) is 5.29. The average molecular weight is 460 g/mol. The maximum Gasteiger partial charge on any atom is 0.281 e. The van der Waals surface area contributed by atoms with Crippen molar-refractivity contribution in [3.05, 3.63) is 46.1 Å². The molecule has 0 radical (unpaired) electrons. The van der Waals surface area contributed by atoms with E-state index in [0.717, 1.165) is 11.1 Å². The lowest BCUT2D eigenvalue weighted by molar-refractivity contribution is 0.596. The molecule has 9 nitrogen and oxygen atoms in total. The lowest BCUT2D eigenvalue weighted by Crippen LogP contribution is -2.22. The standard InChI is InChI=1S/C15H14ClN7O2S2.ClH/c16-12-13(23-6-7-26-15(23)19-12)27(24,25)22-11-3-1-2-8-9(11)4-5-10(8)20-21-14(17)18;/h1-3,6-7,22H,4-5H2,(H4,17,18,21);1H/b20-10-;. The fourth-order valence-electron chi connectivity index (χ4n) is 2.99. The molecule has 0 bridgehead atoms. The number of nitrogens with two attached hydrogens (primary N) is 2. The molecular formula is C15H15Cl2N7O2S2. The molecule has 0 aliphatic heterocycles. The molecule has 2 aromatic heterocycles. The first kappa shape index (κ1) is 20.4. The van der Waals surface area contributed by atoms with Gasteiger partial charge in [-0.2, -0.15) is 13.5 Å². The van der Waals surface area contributed by atoms with Gasteiger partial charge in [-0.3, -0.25) is 9.12 Å². The minimum Gasteiger partial charge on any atom is -0.369 e. The molecule has 0 fully saturated rings. The van der Waals surface area contributed by atoms with Crippen LogP contribution in [0.5, 0.6) is 0 Å². The zero-order valence-electron chi connectivity index (χ0n) is 14.2.